The lowest BCUT2D eigenvalue weighted by Crippen LogP contribution is -2.30. The Morgan fingerprint density at radius 2 is 1.44 bits per heavy atom. The third-order valence-electron chi connectivity index (χ3n) is 4.67. The van der Waals surface area contributed by atoms with Crippen molar-refractivity contribution in [2.75, 3.05) is 18.4 Å². The van der Waals surface area contributed by atoms with Gasteiger partial charge in [-0.25, -0.2) is 0 Å². The molecule has 0 heterocycles. The fourth-order valence-electron chi connectivity index (χ4n) is 2.98. The summed E-state index contributed by atoms with van der Waals surface area (Å²) >= 11 is 0. The third-order valence-corrected chi connectivity index (χ3v) is 4.67. The van der Waals surface area contributed by atoms with Crippen LogP contribution in [0.5, 0.6) is 0 Å². The van der Waals surface area contributed by atoms with Crippen molar-refractivity contribution in [3.05, 3.63) is 65.2 Å². The molecule has 0 bridgehead atoms. The SMILES string of the molecule is CCCCc1ccc(CC(=O)Nc2ccc(C(=O)N(CC)CC)cc2)cc1. The first-order valence-electron chi connectivity index (χ1n) is 9.84. The van der Waals surface area contributed by atoms with Gasteiger partial charge in [0.15, 0.2) is 0 Å². The molecule has 0 saturated carbocycles. The van der Waals surface area contributed by atoms with Crippen molar-refractivity contribution in [1.29, 1.82) is 0 Å². The van der Waals surface area contributed by atoms with Crippen LogP contribution in [0, 0.1) is 0 Å². The summed E-state index contributed by atoms with van der Waals surface area (Å²) in [5.74, 6) is -0.0415. The van der Waals surface area contributed by atoms with Crippen molar-refractivity contribution < 1.29 is 9.59 Å². The van der Waals surface area contributed by atoms with E-state index in [4.69, 9.17) is 0 Å². The normalized spacial score (nSPS) is 10.5. The minimum Gasteiger partial charge on any atom is -0.339 e. The number of nitrogens with zero attached hydrogens (tertiary/aromatic N) is 1. The lowest BCUT2D eigenvalue weighted by Gasteiger charge is -2.18. The van der Waals surface area contributed by atoms with Gasteiger partial charge in [-0.1, -0.05) is 37.6 Å². The molecule has 0 atom stereocenters. The molecule has 0 unspecified atom stereocenters. The standard InChI is InChI=1S/C23H30N2O2/c1-4-7-8-18-9-11-19(12-10-18)17-22(26)24-21-15-13-20(14-16-21)23(27)25(5-2)6-3/h9-16H,4-8,17H2,1-3H3,(H,24,26). The predicted molar refractivity (Wildman–Crippen MR) is 111 cm³/mol. The van der Waals surface area contributed by atoms with Crippen molar-refractivity contribution in [3.8, 4) is 0 Å². The van der Waals surface area contributed by atoms with Gasteiger partial charge in [0.1, 0.15) is 0 Å². The van der Waals surface area contributed by atoms with E-state index < -0.39 is 0 Å². The lowest BCUT2D eigenvalue weighted by atomic mass is 10.0. The zero-order valence-corrected chi connectivity index (χ0v) is 16.6. The highest BCUT2D eigenvalue weighted by Gasteiger charge is 2.12. The first kappa shape index (κ1) is 20.7. The molecule has 0 radical (unpaired) electrons. The Morgan fingerprint density at radius 3 is 2.00 bits per heavy atom. The predicted octanol–water partition coefficient (Wildman–Crippen LogP) is 4.69. The highest BCUT2D eigenvalue weighted by Crippen LogP contribution is 2.13. The quantitative estimate of drug-likeness (QED) is 0.700. The number of rotatable bonds is 9. The van der Waals surface area contributed by atoms with E-state index in [9.17, 15) is 9.59 Å². The fraction of sp³-hybridized carbons (Fsp3) is 0.391. The Morgan fingerprint density at radius 1 is 0.852 bits per heavy atom. The van der Waals surface area contributed by atoms with Crippen LogP contribution in [0.1, 0.15) is 55.1 Å². The second kappa shape index (κ2) is 10.5. The van der Waals surface area contributed by atoms with Gasteiger partial charge in [-0.3, -0.25) is 9.59 Å². The van der Waals surface area contributed by atoms with Crippen molar-refractivity contribution in [2.24, 2.45) is 0 Å². The number of hydrogen-bond acceptors (Lipinski definition) is 2. The van der Waals surface area contributed by atoms with Gasteiger partial charge in [-0.15, -0.1) is 0 Å². The van der Waals surface area contributed by atoms with Gasteiger partial charge in [0.2, 0.25) is 5.91 Å². The van der Waals surface area contributed by atoms with Crippen LogP contribution in [0.2, 0.25) is 0 Å². The molecular formula is C23H30N2O2. The molecule has 2 aromatic carbocycles. The maximum atomic E-state index is 12.3. The minimum atomic E-state index is -0.0564. The van der Waals surface area contributed by atoms with Crippen molar-refractivity contribution >= 4 is 17.5 Å². The summed E-state index contributed by atoms with van der Waals surface area (Å²) in [4.78, 5) is 26.4. The van der Waals surface area contributed by atoms with Crippen LogP contribution in [0.4, 0.5) is 5.69 Å². The van der Waals surface area contributed by atoms with Gasteiger partial charge in [-0.05, 0) is 62.1 Å². The van der Waals surface area contributed by atoms with E-state index in [1.807, 2.05) is 26.0 Å². The van der Waals surface area contributed by atoms with E-state index in [1.54, 1.807) is 29.2 Å². The molecule has 2 rings (SSSR count). The van der Waals surface area contributed by atoms with E-state index >= 15 is 0 Å². The van der Waals surface area contributed by atoms with E-state index in [0.717, 1.165) is 12.0 Å². The molecule has 27 heavy (non-hydrogen) atoms. The molecule has 0 aromatic heterocycles. The van der Waals surface area contributed by atoms with Gasteiger partial charge in [-0.2, -0.15) is 0 Å². The van der Waals surface area contributed by atoms with Gasteiger partial charge in [0, 0.05) is 24.3 Å². The van der Waals surface area contributed by atoms with Crippen LogP contribution in [0.3, 0.4) is 0 Å². The van der Waals surface area contributed by atoms with Gasteiger partial charge in [0.25, 0.3) is 5.91 Å². The Kier molecular flexibility index (Phi) is 8.05. The topological polar surface area (TPSA) is 49.4 Å². The summed E-state index contributed by atoms with van der Waals surface area (Å²) in [6, 6.07) is 15.3. The first-order chi connectivity index (χ1) is 13.1. The number of carbonyl (C=O) groups excluding carboxylic acids is 2. The van der Waals surface area contributed by atoms with Gasteiger partial charge >= 0.3 is 0 Å². The second-order valence-electron chi connectivity index (χ2n) is 6.70. The molecule has 4 heteroatoms. The molecule has 0 aliphatic heterocycles. The molecule has 0 spiro atoms. The number of carbonyl (C=O) groups is 2. The average molecular weight is 367 g/mol. The number of unbranched alkanes of at least 4 members (excludes halogenated alkanes) is 1. The second-order valence-corrected chi connectivity index (χ2v) is 6.70. The monoisotopic (exact) mass is 366 g/mol. The van der Waals surface area contributed by atoms with E-state index in [2.05, 4.69) is 24.4 Å². The van der Waals surface area contributed by atoms with E-state index in [1.165, 1.54) is 18.4 Å². The molecule has 4 nitrogen and oxygen atoms in total. The maximum Gasteiger partial charge on any atom is 0.253 e. The largest absolute Gasteiger partial charge is 0.339 e. The lowest BCUT2D eigenvalue weighted by molar-refractivity contribution is -0.115. The number of amides is 2. The Bertz CT molecular complexity index is 732. The first-order valence-corrected chi connectivity index (χ1v) is 9.84. The van der Waals surface area contributed by atoms with Crippen LogP contribution in [-0.2, 0) is 17.6 Å². The van der Waals surface area contributed by atoms with Crippen molar-refractivity contribution in [2.45, 2.75) is 46.5 Å². The van der Waals surface area contributed by atoms with Crippen molar-refractivity contribution in [1.82, 2.24) is 4.90 Å². The van der Waals surface area contributed by atoms with Crippen LogP contribution < -0.4 is 5.32 Å². The Balaban J connectivity index is 1.91. The van der Waals surface area contributed by atoms with Crippen molar-refractivity contribution in [3.63, 3.8) is 0 Å². The molecule has 144 valence electrons. The number of hydrogen-bond donors (Lipinski definition) is 1. The van der Waals surface area contributed by atoms with Crippen LogP contribution in [-0.4, -0.2) is 29.8 Å². The summed E-state index contributed by atoms with van der Waals surface area (Å²) in [6.07, 6.45) is 3.80. The molecule has 2 aromatic rings. The van der Waals surface area contributed by atoms with Crippen LogP contribution in [0.15, 0.2) is 48.5 Å². The zero-order chi connectivity index (χ0) is 19.6. The maximum absolute atomic E-state index is 12.3. The molecule has 0 aliphatic rings. The fourth-order valence-corrected chi connectivity index (χ4v) is 2.98. The molecule has 2 amide bonds. The molecule has 1 N–H and O–H groups in total. The average Bonchev–Trinajstić information content (AvgIpc) is 2.69. The summed E-state index contributed by atoms with van der Waals surface area (Å²) in [5, 5.41) is 2.90. The number of nitrogens with one attached hydrogen (secondary N) is 1. The zero-order valence-electron chi connectivity index (χ0n) is 16.6. The van der Waals surface area contributed by atoms with E-state index in [-0.39, 0.29) is 11.8 Å². The number of anilines is 1. The number of benzene rings is 2. The molecule has 0 aliphatic carbocycles. The van der Waals surface area contributed by atoms with Crippen LogP contribution >= 0.6 is 0 Å². The summed E-state index contributed by atoms with van der Waals surface area (Å²) in [7, 11) is 0. The van der Waals surface area contributed by atoms with Gasteiger partial charge in [0.05, 0.1) is 6.42 Å². The Hall–Kier alpha value is -2.62. The van der Waals surface area contributed by atoms with Gasteiger partial charge < -0.3 is 10.2 Å². The molecule has 0 fully saturated rings. The highest BCUT2D eigenvalue weighted by molar-refractivity contribution is 5.96. The third kappa shape index (κ3) is 6.24. The summed E-state index contributed by atoms with van der Waals surface area (Å²) in [6.45, 7) is 7.49. The minimum absolute atomic E-state index is 0.0149. The summed E-state index contributed by atoms with van der Waals surface area (Å²) < 4.78 is 0. The highest BCUT2D eigenvalue weighted by atomic mass is 16.2. The Labute approximate surface area is 162 Å². The molecule has 0 saturated heterocycles. The summed E-state index contributed by atoms with van der Waals surface area (Å²) in [5.41, 5.74) is 3.66. The number of aryl methyl sites for hydroxylation is 1. The van der Waals surface area contributed by atoms with Crippen LogP contribution in [0.25, 0.3) is 0 Å². The molecular weight excluding hydrogens is 336 g/mol. The van der Waals surface area contributed by atoms with E-state index in [0.29, 0.717) is 30.8 Å². The smallest absolute Gasteiger partial charge is 0.253 e.